The van der Waals surface area contributed by atoms with Gasteiger partial charge in [0, 0.05) is 30.3 Å². The van der Waals surface area contributed by atoms with Crippen molar-refractivity contribution in [1.29, 1.82) is 0 Å². The second-order valence-electron chi connectivity index (χ2n) is 7.85. The van der Waals surface area contributed by atoms with E-state index < -0.39 is 0 Å². The van der Waals surface area contributed by atoms with Crippen molar-refractivity contribution in [3.63, 3.8) is 0 Å². The molecule has 0 radical (unpaired) electrons. The molecule has 1 N–H and O–H groups in total. The zero-order valence-electron chi connectivity index (χ0n) is 16.3. The molecule has 6 heteroatoms. The van der Waals surface area contributed by atoms with Crippen LogP contribution in [-0.4, -0.2) is 24.5 Å². The molecule has 2 unspecified atom stereocenters. The molecule has 2 fully saturated rings. The summed E-state index contributed by atoms with van der Waals surface area (Å²) in [4.78, 5) is 11.5. The molecule has 1 aliphatic carbocycles. The first kappa shape index (κ1) is 18.3. The number of thiocarbonyl (C=S) groups is 1. The average molecular weight is 404 g/mol. The summed E-state index contributed by atoms with van der Waals surface area (Å²) in [5.74, 6) is 0. The highest BCUT2D eigenvalue weighted by Crippen LogP contribution is 2.42. The van der Waals surface area contributed by atoms with Crippen LogP contribution < -0.4 is 5.32 Å². The second kappa shape index (κ2) is 7.95. The molecule has 1 saturated carbocycles. The van der Waals surface area contributed by atoms with E-state index in [0.717, 1.165) is 16.5 Å². The predicted octanol–water partition coefficient (Wildman–Crippen LogP) is 4.57. The lowest BCUT2D eigenvalue weighted by Gasteiger charge is -2.30. The van der Waals surface area contributed by atoms with Gasteiger partial charge in [0.2, 0.25) is 0 Å². The lowest BCUT2D eigenvalue weighted by atomic mass is 10.0. The average Bonchev–Trinajstić information content (AvgIpc) is 3.50. The van der Waals surface area contributed by atoms with Crippen molar-refractivity contribution in [2.75, 3.05) is 0 Å². The van der Waals surface area contributed by atoms with Crippen LogP contribution in [-0.2, 0) is 6.54 Å². The fraction of sp³-hybridized carbons (Fsp3) is 0.348. The molecular formula is C23H25N5S. The van der Waals surface area contributed by atoms with E-state index in [0.29, 0.717) is 12.6 Å². The van der Waals surface area contributed by atoms with Crippen molar-refractivity contribution in [2.45, 2.75) is 50.4 Å². The normalized spacial score (nSPS) is 22.2. The Balaban J connectivity index is 1.56. The SMILES string of the molecule is S=C1NC(c2ccccn2)C(c2cccn2C2CCCC2)N1Cc1ccccn1. The second-order valence-corrected chi connectivity index (χ2v) is 8.24. The summed E-state index contributed by atoms with van der Waals surface area (Å²) in [5.41, 5.74) is 3.33. The van der Waals surface area contributed by atoms with Gasteiger partial charge in [0.25, 0.3) is 0 Å². The maximum absolute atomic E-state index is 5.80. The van der Waals surface area contributed by atoms with Gasteiger partial charge in [-0.3, -0.25) is 9.97 Å². The first-order valence-electron chi connectivity index (χ1n) is 10.4. The summed E-state index contributed by atoms with van der Waals surface area (Å²) < 4.78 is 2.48. The highest BCUT2D eigenvalue weighted by atomic mass is 32.1. The summed E-state index contributed by atoms with van der Waals surface area (Å²) >= 11 is 5.80. The molecule has 5 nitrogen and oxygen atoms in total. The van der Waals surface area contributed by atoms with Crippen molar-refractivity contribution in [3.8, 4) is 0 Å². The van der Waals surface area contributed by atoms with Crippen LogP contribution in [0.15, 0.2) is 67.1 Å². The molecule has 2 aliphatic rings. The molecule has 2 atom stereocenters. The minimum atomic E-state index is 0.0162. The van der Waals surface area contributed by atoms with Crippen molar-refractivity contribution >= 4 is 17.3 Å². The zero-order chi connectivity index (χ0) is 19.6. The van der Waals surface area contributed by atoms with E-state index in [1.54, 1.807) is 0 Å². The fourth-order valence-corrected chi connectivity index (χ4v) is 5.04. The summed E-state index contributed by atoms with van der Waals surface area (Å²) in [5, 5.41) is 4.31. The molecule has 1 aliphatic heterocycles. The van der Waals surface area contributed by atoms with Crippen molar-refractivity contribution in [1.82, 2.24) is 24.8 Å². The summed E-state index contributed by atoms with van der Waals surface area (Å²) in [7, 11) is 0. The van der Waals surface area contributed by atoms with Crippen LogP contribution in [0.4, 0.5) is 0 Å². The zero-order valence-corrected chi connectivity index (χ0v) is 17.1. The Bertz CT molecular complexity index is 965. The topological polar surface area (TPSA) is 46.0 Å². The lowest BCUT2D eigenvalue weighted by molar-refractivity contribution is 0.288. The van der Waals surface area contributed by atoms with E-state index in [4.69, 9.17) is 12.2 Å². The standard InChI is InChI=1S/C23H25N5S/c29-23-26-21(19-11-4-6-14-25-19)22(28(23)16-17-8-3-5-13-24-17)20-12-7-15-27(20)18-9-1-2-10-18/h3-8,11-15,18,21-22H,1-2,9-10,16H2,(H,26,29). The van der Waals surface area contributed by atoms with Crippen LogP contribution >= 0.6 is 12.2 Å². The highest BCUT2D eigenvalue weighted by molar-refractivity contribution is 7.80. The Hall–Kier alpha value is -2.73. The molecule has 0 spiro atoms. The minimum absolute atomic E-state index is 0.0162. The van der Waals surface area contributed by atoms with Crippen LogP contribution in [0.5, 0.6) is 0 Å². The van der Waals surface area contributed by atoms with Gasteiger partial charge < -0.3 is 14.8 Å². The van der Waals surface area contributed by atoms with Gasteiger partial charge in [0.05, 0.1) is 30.0 Å². The van der Waals surface area contributed by atoms with Crippen LogP contribution in [0.25, 0.3) is 0 Å². The number of nitrogens with zero attached hydrogens (tertiary/aromatic N) is 4. The van der Waals surface area contributed by atoms with E-state index in [2.05, 4.69) is 55.2 Å². The van der Waals surface area contributed by atoms with Crippen molar-refractivity contribution in [3.05, 3.63) is 84.2 Å². The lowest BCUT2D eigenvalue weighted by Crippen LogP contribution is -2.30. The number of hydrogen-bond acceptors (Lipinski definition) is 3. The first-order chi connectivity index (χ1) is 14.3. The number of pyridine rings is 2. The number of aromatic nitrogens is 3. The van der Waals surface area contributed by atoms with E-state index in [1.165, 1.54) is 31.4 Å². The van der Waals surface area contributed by atoms with Crippen molar-refractivity contribution < 1.29 is 0 Å². The van der Waals surface area contributed by atoms with Gasteiger partial charge in [-0.25, -0.2) is 0 Å². The van der Waals surface area contributed by atoms with E-state index >= 15 is 0 Å². The quantitative estimate of drug-likeness (QED) is 0.633. The van der Waals surface area contributed by atoms with Crippen LogP contribution in [0.2, 0.25) is 0 Å². The monoisotopic (exact) mass is 403 g/mol. The molecule has 4 heterocycles. The molecule has 0 amide bonds. The van der Waals surface area contributed by atoms with E-state index in [-0.39, 0.29) is 12.1 Å². The van der Waals surface area contributed by atoms with E-state index in [9.17, 15) is 0 Å². The van der Waals surface area contributed by atoms with Gasteiger partial charge in [-0.15, -0.1) is 0 Å². The smallest absolute Gasteiger partial charge is 0.170 e. The fourth-order valence-electron chi connectivity index (χ4n) is 4.74. The molecule has 0 aromatic carbocycles. The summed E-state index contributed by atoms with van der Waals surface area (Å²) in [6.45, 7) is 0.677. The van der Waals surface area contributed by atoms with Gasteiger partial charge in [0.1, 0.15) is 0 Å². The summed E-state index contributed by atoms with van der Waals surface area (Å²) in [6, 6.07) is 17.2. The number of hydrogen-bond donors (Lipinski definition) is 1. The Morgan fingerprint density at radius 3 is 2.48 bits per heavy atom. The number of nitrogens with one attached hydrogen (secondary N) is 1. The Morgan fingerprint density at radius 1 is 0.966 bits per heavy atom. The predicted molar refractivity (Wildman–Crippen MR) is 117 cm³/mol. The van der Waals surface area contributed by atoms with E-state index in [1.807, 2.05) is 36.7 Å². The van der Waals surface area contributed by atoms with Gasteiger partial charge in [0.15, 0.2) is 5.11 Å². The maximum atomic E-state index is 5.80. The Labute approximate surface area is 176 Å². The Kier molecular flexibility index (Phi) is 5.02. The molecule has 29 heavy (non-hydrogen) atoms. The Morgan fingerprint density at radius 2 is 1.76 bits per heavy atom. The summed E-state index contributed by atoms with van der Waals surface area (Å²) in [6.07, 6.45) is 11.1. The number of rotatable bonds is 5. The molecule has 5 rings (SSSR count). The molecule has 3 aromatic heterocycles. The van der Waals surface area contributed by atoms with Gasteiger partial charge in [-0.1, -0.05) is 25.0 Å². The van der Waals surface area contributed by atoms with Gasteiger partial charge >= 0.3 is 0 Å². The first-order valence-corrected chi connectivity index (χ1v) is 10.8. The minimum Gasteiger partial charge on any atom is -0.352 e. The molecule has 0 bridgehead atoms. The van der Waals surface area contributed by atoms with Crippen LogP contribution in [0.1, 0.15) is 60.9 Å². The van der Waals surface area contributed by atoms with Gasteiger partial charge in [-0.2, -0.15) is 0 Å². The highest BCUT2D eigenvalue weighted by Gasteiger charge is 2.41. The molecule has 3 aromatic rings. The third-order valence-electron chi connectivity index (χ3n) is 6.09. The third kappa shape index (κ3) is 3.53. The van der Waals surface area contributed by atoms with Crippen molar-refractivity contribution in [2.24, 2.45) is 0 Å². The van der Waals surface area contributed by atoms with Crippen LogP contribution in [0.3, 0.4) is 0 Å². The van der Waals surface area contributed by atoms with Crippen LogP contribution in [0, 0.1) is 0 Å². The molecule has 1 saturated heterocycles. The largest absolute Gasteiger partial charge is 0.352 e. The maximum Gasteiger partial charge on any atom is 0.170 e. The van der Waals surface area contributed by atoms with Gasteiger partial charge in [-0.05, 0) is 61.5 Å². The third-order valence-corrected chi connectivity index (χ3v) is 6.44. The molecular weight excluding hydrogens is 378 g/mol. The molecule has 148 valence electrons.